The highest BCUT2D eigenvalue weighted by Crippen LogP contribution is 2.29. The van der Waals surface area contributed by atoms with E-state index < -0.39 is 5.91 Å². The van der Waals surface area contributed by atoms with Crippen molar-refractivity contribution in [2.24, 2.45) is 5.73 Å². The minimum atomic E-state index is -0.415. The molecular formula is C22H28N2O5. The normalized spacial score (nSPS) is 10.3. The molecule has 0 radical (unpaired) electrons. The van der Waals surface area contributed by atoms with Gasteiger partial charge in [-0.15, -0.1) is 0 Å². The van der Waals surface area contributed by atoms with E-state index in [0.29, 0.717) is 41.7 Å². The van der Waals surface area contributed by atoms with Gasteiger partial charge in [-0.05, 0) is 55.3 Å². The lowest BCUT2D eigenvalue weighted by Gasteiger charge is -2.14. The number of rotatable bonds is 12. The van der Waals surface area contributed by atoms with Gasteiger partial charge >= 0.3 is 0 Å². The summed E-state index contributed by atoms with van der Waals surface area (Å²) >= 11 is 0. The summed E-state index contributed by atoms with van der Waals surface area (Å²) in [6.07, 6.45) is 1.90. The summed E-state index contributed by atoms with van der Waals surface area (Å²) in [7, 11) is 0. The van der Waals surface area contributed by atoms with Crippen LogP contribution in [0.2, 0.25) is 0 Å². The van der Waals surface area contributed by atoms with Crippen molar-refractivity contribution in [3.8, 4) is 17.2 Å². The Hall–Kier alpha value is -3.22. The minimum absolute atomic E-state index is 0.152. The summed E-state index contributed by atoms with van der Waals surface area (Å²) in [6.45, 7) is 5.40. The maximum Gasteiger partial charge on any atom is 0.255 e. The molecule has 0 unspecified atom stereocenters. The predicted octanol–water partition coefficient (Wildman–Crippen LogP) is 3.77. The number of carbonyl (C=O) groups is 2. The van der Waals surface area contributed by atoms with Gasteiger partial charge in [0.2, 0.25) is 5.91 Å². The van der Waals surface area contributed by atoms with Crippen LogP contribution in [-0.2, 0) is 4.79 Å². The minimum Gasteiger partial charge on any atom is -0.493 e. The van der Waals surface area contributed by atoms with Crippen LogP contribution in [0.25, 0.3) is 0 Å². The first-order valence-electron chi connectivity index (χ1n) is 9.75. The van der Waals surface area contributed by atoms with Gasteiger partial charge in [0.15, 0.2) is 11.5 Å². The monoisotopic (exact) mass is 400 g/mol. The maximum absolute atomic E-state index is 12.6. The van der Waals surface area contributed by atoms with Crippen molar-refractivity contribution >= 4 is 17.5 Å². The van der Waals surface area contributed by atoms with Crippen LogP contribution in [0.1, 0.15) is 43.5 Å². The van der Waals surface area contributed by atoms with Crippen molar-refractivity contribution in [2.45, 2.75) is 33.1 Å². The van der Waals surface area contributed by atoms with Crippen molar-refractivity contribution in [3.05, 3.63) is 48.0 Å². The van der Waals surface area contributed by atoms with E-state index in [9.17, 15) is 9.59 Å². The fourth-order valence-electron chi connectivity index (χ4n) is 2.41. The Balaban J connectivity index is 2.02. The molecule has 0 saturated carbocycles. The molecule has 0 atom stereocenters. The van der Waals surface area contributed by atoms with Gasteiger partial charge in [0.1, 0.15) is 5.75 Å². The average molecular weight is 400 g/mol. The molecule has 29 heavy (non-hydrogen) atoms. The molecule has 2 aromatic carbocycles. The zero-order valence-corrected chi connectivity index (χ0v) is 16.9. The second-order valence-corrected chi connectivity index (χ2v) is 6.40. The maximum atomic E-state index is 12.6. The van der Waals surface area contributed by atoms with Crippen molar-refractivity contribution in [1.29, 1.82) is 0 Å². The molecule has 0 bridgehead atoms. The number of hydrogen-bond acceptors (Lipinski definition) is 5. The summed E-state index contributed by atoms with van der Waals surface area (Å²) in [5.74, 6) is 1.12. The summed E-state index contributed by atoms with van der Waals surface area (Å²) in [6, 6.07) is 12.0. The number of nitrogens with two attached hydrogens (primary N) is 1. The smallest absolute Gasteiger partial charge is 0.255 e. The molecule has 0 heterocycles. The van der Waals surface area contributed by atoms with Gasteiger partial charge in [0.05, 0.1) is 26.2 Å². The van der Waals surface area contributed by atoms with E-state index in [0.717, 1.165) is 12.8 Å². The van der Waals surface area contributed by atoms with E-state index in [1.807, 2.05) is 13.8 Å². The van der Waals surface area contributed by atoms with Gasteiger partial charge in [0, 0.05) is 11.3 Å². The van der Waals surface area contributed by atoms with Crippen LogP contribution < -0.4 is 25.3 Å². The average Bonchev–Trinajstić information content (AvgIpc) is 2.72. The molecule has 0 aliphatic carbocycles. The van der Waals surface area contributed by atoms with Crippen LogP contribution in [0, 0.1) is 0 Å². The van der Waals surface area contributed by atoms with E-state index in [2.05, 4.69) is 5.32 Å². The van der Waals surface area contributed by atoms with Crippen molar-refractivity contribution in [2.75, 3.05) is 25.1 Å². The number of anilines is 1. The Morgan fingerprint density at radius 3 is 2.14 bits per heavy atom. The summed E-state index contributed by atoms with van der Waals surface area (Å²) < 4.78 is 16.9. The standard InChI is InChI=1S/C22H28N2O5/c1-3-12-28-19-10-5-16(15-20(19)29-13-4-2)22(26)24-17-6-8-18(9-7-17)27-14-11-21(23)25/h5-10,15H,3-4,11-14H2,1-2H3,(H2,23,25)(H,24,26). The molecular weight excluding hydrogens is 372 g/mol. The van der Waals surface area contributed by atoms with E-state index >= 15 is 0 Å². The van der Waals surface area contributed by atoms with Gasteiger partial charge in [-0.2, -0.15) is 0 Å². The second kappa shape index (κ2) is 11.6. The van der Waals surface area contributed by atoms with Gasteiger partial charge in [-0.3, -0.25) is 9.59 Å². The molecule has 0 fully saturated rings. The Morgan fingerprint density at radius 1 is 0.862 bits per heavy atom. The number of benzene rings is 2. The van der Waals surface area contributed by atoms with Gasteiger partial charge in [-0.1, -0.05) is 13.8 Å². The first-order chi connectivity index (χ1) is 14.0. The molecule has 2 aromatic rings. The van der Waals surface area contributed by atoms with Gasteiger partial charge < -0.3 is 25.3 Å². The Bertz CT molecular complexity index is 805. The van der Waals surface area contributed by atoms with E-state index in [1.54, 1.807) is 42.5 Å². The molecule has 2 rings (SSSR count). The lowest BCUT2D eigenvalue weighted by molar-refractivity contribution is -0.118. The van der Waals surface area contributed by atoms with Crippen LogP contribution in [0.4, 0.5) is 5.69 Å². The first-order valence-corrected chi connectivity index (χ1v) is 9.75. The quantitative estimate of drug-likeness (QED) is 0.565. The van der Waals surface area contributed by atoms with Gasteiger partial charge in [0.25, 0.3) is 5.91 Å². The fourth-order valence-corrected chi connectivity index (χ4v) is 2.41. The lowest BCUT2D eigenvalue weighted by Crippen LogP contribution is -2.14. The molecule has 7 heteroatoms. The van der Waals surface area contributed by atoms with E-state index in [-0.39, 0.29) is 18.9 Å². The Labute approximate surface area is 171 Å². The third-order valence-corrected chi connectivity index (χ3v) is 3.86. The Morgan fingerprint density at radius 2 is 1.52 bits per heavy atom. The third kappa shape index (κ3) is 7.37. The van der Waals surface area contributed by atoms with Crippen molar-refractivity contribution in [3.63, 3.8) is 0 Å². The van der Waals surface area contributed by atoms with Crippen LogP contribution >= 0.6 is 0 Å². The number of carbonyl (C=O) groups excluding carboxylic acids is 2. The molecule has 0 aliphatic heterocycles. The highest BCUT2D eigenvalue weighted by atomic mass is 16.5. The highest BCUT2D eigenvalue weighted by Gasteiger charge is 2.12. The second-order valence-electron chi connectivity index (χ2n) is 6.40. The third-order valence-electron chi connectivity index (χ3n) is 3.86. The van der Waals surface area contributed by atoms with Crippen molar-refractivity contribution < 1.29 is 23.8 Å². The summed E-state index contributed by atoms with van der Waals surface area (Å²) in [4.78, 5) is 23.3. The summed E-state index contributed by atoms with van der Waals surface area (Å²) in [5, 5.41) is 2.84. The first kappa shape index (κ1) is 22.1. The predicted molar refractivity (Wildman–Crippen MR) is 112 cm³/mol. The SMILES string of the molecule is CCCOc1ccc(C(=O)Nc2ccc(OCCC(N)=O)cc2)cc1OCCC. The van der Waals surface area contributed by atoms with E-state index in [4.69, 9.17) is 19.9 Å². The molecule has 156 valence electrons. The molecule has 3 N–H and O–H groups in total. The number of primary amides is 1. The van der Waals surface area contributed by atoms with Crippen molar-refractivity contribution in [1.82, 2.24) is 0 Å². The molecule has 0 saturated heterocycles. The van der Waals surface area contributed by atoms with Crippen LogP contribution in [-0.4, -0.2) is 31.6 Å². The number of hydrogen-bond donors (Lipinski definition) is 2. The highest BCUT2D eigenvalue weighted by molar-refractivity contribution is 6.04. The number of ether oxygens (including phenoxy) is 3. The molecule has 0 spiro atoms. The topological polar surface area (TPSA) is 99.9 Å². The fraction of sp³-hybridized carbons (Fsp3) is 0.364. The van der Waals surface area contributed by atoms with Crippen LogP contribution in [0.5, 0.6) is 17.2 Å². The largest absolute Gasteiger partial charge is 0.493 e. The van der Waals surface area contributed by atoms with Gasteiger partial charge in [-0.25, -0.2) is 0 Å². The lowest BCUT2D eigenvalue weighted by atomic mass is 10.1. The zero-order valence-electron chi connectivity index (χ0n) is 16.9. The summed E-state index contributed by atoms with van der Waals surface area (Å²) in [5.41, 5.74) is 6.18. The molecule has 0 aromatic heterocycles. The van der Waals surface area contributed by atoms with Crippen LogP contribution in [0.3, 0.4) is 0 Å². The number of amides is 2. The van der Waals surface area contributed by atoms with E-state index in [1.165, 1.54) is 0 Å². The Kier molecular flexibility index (Phi) is 8.82. The molecule has 0 aliphatic rings. The number of nitrogens with one attached hydrogen (secondary N) is 1. The van der Waals surface area contributed by atoms with Crippen LogP contribution in [0.15, 0.2) is 42.5 Å². The zero-order chi connectivity index (χ0) is 21.1. The molecule has 7 nitrogen and oxygen atoms in total. The molecule has 2 amide bonds.